The molecule has 0 spiro atoms. The van der Waals surface area contributed by atoms with Gasteiger partial charge in [0.1, 0.15) is 0 Å². The Morgan fingerprint density at radius 1 is 1.33 bits per heavy atom. The smallest absolute Gasteiger partial charge is 0.317 e. The number of hydrogen-bond donors (Lipinski definition) is 2. The van der Waals surface area contributed by atoms with E-state index in [1.54, 1.807) is 0 Å². The molecule has 0 aliphatic heterocycles. The summed E-state index contributed by atoms with van der Waals surface area (Å²) >= 11 is 0. The number of carboxylic acids is 1. The predicted octanol–water partition coefficient (Wildman–Crippen LogP) is 1.95. The van der Waals surface area contributed by atoms with Crippen molar-refractivity contribution in [1.29, 1.82) is 0 Å². The van der Waals surface area contributed by atoms with Crippen molar-refractivity contribution < 1.29 is 9.90 Å². The quantitative estimate of drug-likeness (QED) is 0.662. The Hall–Kier alpha value is -0.610. The average Bonchev–Trinajstić information content (AvgIpc) is 2.29. The van der Waals surface area contributed by atoms with Crippen molar-refractivity contribution in [2.45, 2.75) is 58.5 Å². The predicted molar refractivity (Wildman–Crippen MR) is 73.8 cm³/mol. The lowest BCUT2D eigenvalue weighted by atomic mass is 9.85. The molecule has 0 aromatic heterocycles. The number of hydrogen-bond acceptors (Lipinski definition) is 3. The van der Waals surface area contributed by atoms with Crippen molar-refractivity contribution in [2.24, 2.45) is 5.92 Å². The molecule has 106 valence electrons. The van der Waals surface area contributed by atoms with Crippen molar-refractivity contribution >= 4 is 5.97 Å². The van der Waals surface area contributed by atoms with Gasteiger partial charge in [0.15, 0.2) is 0 Å². The van der Waals surface area contributed by atoms with E-state index >= 15 is 0 Å². The van der Waals surface area contributed by atoms with E-state index in [0.29, 0.717) is 12.1 Å². The van der Waals surface area contributed by atoms with Crippen molar-refractivity contribution in [2.75, 3.05) is 19.6 Å². The van der Waals surface area contributed by atoms with Crippen molar-refractivity contribution in [1.82, 2.24) is 10.2 Å². The Labute approximate surface area is 111 Å². The topological polar surface area (TPSA) is 52.6 Å². The second kappa shape index (κ2) is 7.74. The summed E-state index contributed by atoms with van der Waals surface area (Å²) in [5.41, 5.74) is 0. The maximum Gasteiger partial charge on any atom is 0.317 e. The molecular weight excluding hydrogens is 228 g/mol. The van der Waals surface area contributed by atoms with Crippen LogP contribution in [0.2, 0.25) is 0 Å². The normalized spacial score (nSPS) is 23.4. The summed E-state index contributed by atoms with van der Waals surface area (Å²) in [6, 6.07) is 1.06. The molecule has 0 aromatic carbocycles. The zero-order valence-corrected chi connectivity index (χ0v) is 12.0. The fraction of sp³-hybridized carbons (Fsp3) is 0.929. The van der Waals surface area contributed by atoms with Crippen LogP contribution in [-0.4, -0.2) is 47.7 Å². The maximum absolute atomic E-state index is 10.7. The fourth-order valence-electron chi connectivity index (χ4n) is 2.64. The third-order valence-corrected chi connectivity index (χ3v) is 4.22. The first kappa shape index (κ1) is 15.4. The third kappa shape index (κ3) is 4.58. The second-order valence-electron chi connectivity index (χ2n) is 5.37. The summed E-state index contributed by atoms with van der Waals surface area (Å²) in [5.74, 6) is 0.0654. The number of carbonyl (C=O) groups is 1. The molecule has 1 saturated carbocycles. The Kier molecular flexibility index (Phi) is 6.65. The Balaban J connectivity index is 2.20. The molecule has 1 rings (SSSR count). The maximum atomic E-state index is 10.7. The van der Waals surface area contributed by atoms with E-state index in [0.717, 1.165) is 31.8 Å². The van der Waals surface area contributed by atoms with Crippen LogP contribution in [0.5, 0.6) is 0 Å². The number of carboxylic acid groups (broad SMARTS) is 1. The number of rotatable bonds is 9. The van der Waals surface area contributed by atoms with E-state index in [-0.39, 0.29) is 6.54 Å². The first-order valence-electron chi connectivity index (χ1n) is 7.29. The summed E-state index contributed by atoms with van der Waals surface area (Å²) in [6.45, 7) is 8.64. The lowest BCUT2D eigenvalue weighted by Crippen LogP contribution is -2.54. The van der Waals surface area contributed by atoms with Gasteiger partial charge in [-0.2, -0.15) is 0 Å². The van der Waals surface area contributed by atoms with Gasteiger partial charge in [-0.3, -0.25) is 9.69 Å². The monoisotopic (exact) mass is 256 g/mol. The highest BCUT2D eigenvalue weighted by Crippen LogP contribution is 2.25. The van der Waals surface area contributed by atoms with Gasteiger partial charge in [-0.05, 0) is 31.8 Å². The highest BCUT2D eigenvalue weighted by molar-refractivity contribution is 5.69. The Morgan fingerprint density at radius 2 is 1.94 bits per heavy atom. The molecule has 1 aliphatic rings. The van der Waals surface area contributed by atoms with E-state index < -0.39 is 5.97 Å². The van der Waals surface area contributed by atoms with Gasteiger partial charge in [0.25, 0.3) is 0 Å². The van der Waals surface area contributed by atoms with Crippen LogP contribution >= 0.6 is 0 Å². The first-order chi connectivity index (χ1) is 8.60. The summed E-state index contributed by atoms with van der Waals surface area (Å²) < 4.78 is 0. The minimum Gasteiger partial charge on any atom is -0.480 e. The standard InChI is InChI=1S/C14H28N2O2/c1-4-11(5-2)9-15-12-7-13(8-12)16(6-3)10-14(17)18/h11-13,15H,4-10H2,1-3H3,(H,17,18). The van der Waals surface area contributed by atoms with Crippen LogP contribution in [0.3, 0.4) is 0 Å². The van der Waals surface area contributed by atoms with Gasteiger partial charge in [0, 0.05) is 12.1 Å². The lowest BCUT2D eigenvalue weighted by molar-refractivity contribution is -0.139. The molecule has 0 atom stereocenters. The second-order valence-corrected chi connectivity index (χ2v) is 5.37. The number of nitrogens with one attached hydrogen (secondary N) is 1. The van der Waals surface area contributed by atoms with Crippen LogP contribution < -0.4 is 5.32 Å². The Morgan fingerprint density at radius 3 is 2.39 bits per heavy atom. The average molecular weight is 256 g/mol. The molecule has 4 nitrogen and oxygen atoms in total. The SMILES string of the molecule is CCC(CC)CNC1CC(N(CC)CC(=O)O)C1. The number of aliphatic carboxylic acids is 1. The van der Waals surface area contributed by atoms with Gasteiger partial charge >= 0.3 is 5.97 Å². The molecule has 1 aliphatic carbocycles. The zero-order valence-electron chi connectivity index (χ0n) is 12.0. The van der Waals surface area contributed by atoms with Crippen molar-refractivity contribution in [3.8, 4) is 0 Å². The zero-order chi connectivity index (χ0) is 13.5. The summed E-state index contributed by atoms with van der Waals surface area (Å²) in [7, 11) is 0. The van der Waals surface area contributed by atoms with Crippen LogP contribution in [0.4, 0.5) is 0 Å². The van der Waals surface area contributed by atoms with Crippen LogP contribution in [0.25, 0.3) is 0 Å². The molecule has 0 heterocycles. The van der Waals surface area contributed by atoms with Crippen LogP contribution in [0, 0.1) is 5.92 Å². The minimum absolute atomic E-state index is 0.181. The molecule has 0 unspecified atom stereocenters. The van der Waals surface area contributed by atoms with Gasteiger partial charge < -0.3 is 10.4 Å². The largest absolute Gasteiger partial charge is 0.480 e. The van der Waals surface area contributed by atoms with Crippen molar-refractivity contribution in [3.63, 3.8) is 0 Å². The molecule has 1 fully saturated rings. The Bertz CT molecular complexity index is 248. The van der Waals surface area contributed by atoms with Crippen LogP contribution in [0.1, 0.15) is 46.5 Å². The van der Waals surface area contributed by atoms with Gasteiger partial charge in [0.2, 0.25) is 0 Å². The molecule has 4 heteroatoms. The minimum atomic E-state index is -0.717. The van der Waals surface area contributed by atoms with E-state index in [4.69, 9.17) is 5.11 Å². The van der Waals surface area contributed by atoms with Crippen LogP contribution in [0.15, 0.2) is 0 Å². The van der Waals surface area contributed by atoms with Crippen molar-refractivity contribution in [3.05, 3.63) is 0 Å². The molecule has 0 aromatic rings. The van der Waals surface area contributed by atoms with E-state index in [9.17, 15) is 4.79 Å². The molecule has 0 bridgehead atoms. The van der Waals surface area contributed by atoms with Crippen LogP contribution in [-0.2, 0) is 4.79 Å². The van der Waals surface area contributed by atoms with E-state index in [2.05, 4.69) is 24.1 Å². The van der Waals surface area contributed by atoms with Gasteiger partial charge in [-0.15, -0.1) is 0 Å². The van der Waals surface area contributed by atoms with Gasteiger partial charge in [0.05, 0.1) is 6.54 Å². The molecule has 2 N–H and O–H groups in total. The number of likely N-dealkylation sites (N-methyl/N-ethyl adjacent to an activating group) is 1. The lowest BCUT2D eigenvalue weighted by Gasteiger charge is -2.42. The number of nitrogens with zero attached hydrogens (tertiary/aromatic N) is 1. The fourth-order valence-corrected chi connectivity index (χ4v) is 2.64. The summed E-state index contributed by atoms with van der Waals surface area (Å²) in [6.07, 6.45) is 4.67. The molecule has 0 amide bonds. The molecule has 0 radical (unpaired) electrons. The summed E-state index contributed by atoms with van der Waals surface area (Å²) in [4.78, 5) is 12.8. The van der Waals surface area contributed by atoms with E-state index in [1.807, 2.05) is 6.92 Å². The molecular formula is C14H28N2O2. The molecule has 0 saturated heterocycles. The third-order valence-electron chi connectivity index (χ3n) is 4.22. The molecule has 18 heavy (non-hydrogen) atoms. The highest BCUT2D eigenvalue weighted by Gasteiger charge is 2.33. The highest BCUT2D eigenvalue weighted by atomic mass is 16.4. The first-order valence-corrected chi connectivity index (χ1v) is 7.29. The summed E-state index contributed by atoms with van der Waals surface area (Å²) in [5, 5.41) is 12.4. The van der Waals surface area contributed by atoms with E-state index in [1.165, 1.54) is 12.8 Å². The van der Waals surface area contributed by atoms with Gasteiger partial charge in [-0.1, -0.05) is 33.6 Å². The van der Waals surface area contributed by atoms with Gasteiger partial charge in [-0.25, -0.2) is 0 Å².